The largest absolute Gasteiger partial charge is 0.353 e. The molecule has 18 heavy (non-hydrogen) atoms. The van der Waals surface area contributed by atoms with Crippen molar-refractivity contribution in [1.82, 2.24) is 0 Å². The summed E-state index contributed by atoms with van der Waals surface area (Å²) in [7, 11) is 3.57. The maximum absolute atomic E-state index is 5.65. The highest BCUT2D eigenvalue weighted by atomic mass is 16.7. The molecule has 0 bridgehead atoms. The van der Waals surface area contributed by atoms with Crippen LogP contribution in [0.4, 0.5) is 0 Å². The Morgan fingerprint density at radius 3 is 1.94 bits per heavy atom. The van der Waals surface area contributed by atoms with Gasteiger partial charge in [0.25, 0.3) is 0 Å². The van der Waals surface area contributed by atoms with Crippen LogP contribution in [0.5, 0.6) is 0 Å². The molecule has 0 aromatic heterocycles. The van der Waals surface area contributed by atoms with E-state index in [4.69, 9.17) is 9.47 Å². The first-order chi connectivity index (χ1) is 8.64. The third-order valence-electron chi connectivity index (χ3n) is 3.94. The molecule has 2 heteroatoms. The maximum atomic E-state index is 5.65. The minimum absolute atomic E-state index is 0.332. The van der Waals surface area contributed by atoms with E-state index in [1.807, 2.05) is 0 Å². The summed E-state index contributed by atoms with van der Waals surface area (Å²) in [4.78, 5) is 0. The van der Waals surface area contributed by atoms with E-state index in [0.717, 1.165) is 18.8 Å². The molecule has 1 atom stereocenters. The van der Waals surface area contributed by atoms with E-state index in [0.29, 0.717) is 0 Å². The monoisotopic (exact) mass is 258 g/mol. The fourth-order valence-corrected chi connectivity index (χ4v) is 2.62. The van der Waals surface area contributed by atoms with Crippen LogP contribution in [-0.4, -0.2) is 20.0 Å². The summed E-state index contributed by atoms with van der Waals surface area (Å²) in [5, 5.41) is 0. The van der Waals surface area contributed by atoms with Crippen LogP contribution in [0.25, 0.3) is 0 Å². The predicted octanol–water partition coefficient (Wildman–Crippen LogP) is 5.16. The van der Waals surface area contributed by atoms with Gasteiger partial charge in [-0.15, -0.1) is 0 Å². The van der Waals surface area contributed by atoms with Gasteiger partial charge in [0.2, 0.25) is 0 Å². The summed E-state index contributed by atoms with van der Waals surface area (Å²) in [6.45, 7) is 6.84. The topological polar surface area (TPSA) is 18.5 Å². The smallest absolute Gasteiger partial charge is 0.167 e. The zero-order chi connectivity index (χ0) is 13.9. The zero-order valence-electron chi connectivity index (χ0n) is 13.3. The lowest BCUT2D eigenvalue weighted by Gasteiger charge is -2.31. The van der Waals surface area contributed by atoms with Gasteiger partial charge >= 0.3 is 0 Å². The van der Waals surface area contributed by atoms with Crippen LogP contribution in [0.3, 0.4) is 0 Å². The Kier molecular flexibility index (Phi) is 10.8. The number of methoxy groups -OCH3 is 2. The van der Waals surface area contributed by atoms with E-state index >= 15 is 0 Å². The Balaban J connectivity index is 4.00. The number of hydrogen-bond donors (Lipinski definition) is 0. The van der Waals surface area contributed by atoms with E-state index in [1.165, 1.54) is 44.9 Å². The minimum Gasteiger partial charge on any atom is -0.353 e. The van der Waals surface area contributed by atoms with Crippen LogP contribution >= 0.6 is 0 Å². The van der Waals surface area contributed by atoms with Crippen LogP contribution in [0, 0.1) is 5.92 Å². The first kappa shape index (κ1) is 17.9. The van der Waals surface area contributed by atoms with Gasteiger partial charge in [-0.1, -0.05) is 52.9 Å². The Hall–Kier alpha value is -0.0800. The van der Waals surface area contributed by atoms with Crippen molar-refractivity contribution in [3.05, 3.63) is 0 Å². The summed E-state index contributed by atoms with van der Waals surface area (Å²) in [5.41, 5.74) is 0. The average molecular weight is 258 g/mol. The molecule has 0 aromatic carbocycles. The molecular formula is C16H34O2. The Morgan fingerprint density at radius 2 is 1.44 bits per heavy atom. The lowest BCUT2D eigenvalue weighted by molar-refractivity contribution is -0.216. The quantitative estimate of drug-likeness (QED) is 0.355. The third kappa shape index (κ3) is 7.38. The Labute approximate surface area is 114 Å². The molecule has 0 spiro atoms. The minimum atomic E-state index is -0.332. The SMILES string of the molecule is CCCCCC(CCCC(C)CCC)(OC)OC. The second kappa shape index (κ2) is 10.8. The van der Waals surface area contributed by atoms with Crippen LogP contribution in [0.1, 0.15) is 78.6 Å². The van der Waals surface area contributed by atoms with Gasteiger partial charge in [-0.3, -0.25) is 0 Å². The molecule has 0 aliphatic carbocycles. The van der Waals surface area contributed by atoms with Crippen molar-refractivity contribution in [2.45, 2.75) is 84.3 Å². The summed E-state index contributed by atoms with van der Waals surface area (Å²) >= 11 is 0. The van der Waals surface area contributed by atoms with E-state index < -0.39 is 0 Å². The number of hydrogen-bond acceptors (Lipinski definition) is 2. The lowest BCUT2D eigenvalue weighted by Crippen LogP contribution is -2.33. The van der Waals surface area contributed by atoms with Gasteiger partial charge in [-0.2, -0.15) is 0 Å². The van der Waals surface area contributed by atoms with Gasteiger partial charge in [0.15, 0.2) is 5.79 Å². The molecule has 110 valence electrons. The van der Waals surface area contributed by atoms with Gasteiger partial charge in [0, 0.05) is 27.1 Å². The highest BCUT2D eigenvalue weighted by molar-refractivity contribution is 4.70. The molecule has 0 radical (unpaired) electrons. The van der Waals surface area contributed by atoms with Crippen molar-refractivity contribution >= 4 is 0 Å². The van der Waals surface area contributed by atoms with E-state index in [9.17, 15) is 0 Å². The summed E-state index contributed by atoms with van der Waals surface area (Å²) < 4.78 is 11.3. The van der Waals surface area contributed by atoms with Gasteiger partial charge in [-0.05, 0) is 18.8 Å². The molecule has 1 unspecified atom stereocenters. The standard InChI is InChI=1S/C16H34O2/c1-6-8-9-13-16(17-4,18-5)14-10-12-15(3)11-7-2/h15H,6-14H2,1-5H3. The highest BCUT2D eigenvalue weighted by Gasteiger charge is 2.28. The fourth-order valence-electron chi connectivity index (χ4n) is 2.62. The lowest BCUT2D eigenvalue weighted by atomic mass is 9.95. The molecule has 0 aliphatic heterocycles. The Morgan fingerprint density at radius 1 is 0.833 bits per heavy atom. The van der Waals surface area contributed by atoms with Crippen LogP contribution in [0.2, 0.25) is 0 Å². The van der Waals surface area contributed by atoms with Gasteiger partial charge < -0.3 is 9.47 Å². The van der Waals surface area contributed by atoms with Crippen molar-refractivity contribution < 1.29 is 9.47 Å². The third-order valence-corrected chi connectivity index (χ3v) is 3.94. The molecule has 0 amide bonds. The van der Waals surface area contributed by atoms with Gasteiger partial charge in [-0.25, -0.2) is 0 Å². The predicted molar refractivity (Wildman–Crippen MR) is 78.8 cm³/mol. The second-order valence-electron chi connectivity index (χ2n) is 5.56. The average Bonchev–Trinajstić information content (AvgIpc) is 2.37. The van der Waals surface area contributed by atoms with E-state index in [2.05, 4.69) is 20.8 Å². The van der Waals surface area contributed by atoms with Crippen molar-refractivity contribution in [1.29, 1.82) is 0 Å². The zero-order valence-corrected chi connectivity index (χ0v) is 13.3. The molecule has 0 saturated carbocycles. The first-order valence-corrected chi connectivity index (χ1v) is 7.74. The fraction of sp³-hybridized carbons (Fsp3) is 1.00. The summed E-state index contributed by atoms with van der Waals surface area (Å²) in [5.74, 6) is 0.498. The second-order valence-corrected chi connectivity index (χ2v) is 5.56. The maximum Gasteiger partial charge on any atom is 0.167 e. The van der Waals surface area contributed by atoms with Crippen LogP contribution < -0.4 is 0 Å². The Bertz CT molecular complexity index is 176. The summed E-state index contributed by atoms with van der Waals surface area (Å²) in [6.07, 6.45) is 10.9. The van der Waals surface area contributed by atoms with Crippen LogP contribution in [0.15, 0.2) is 0 Å². The van der Waals surface area contributed by atoms with Gasteiger partial charge in [0.1, 0.15) is 0 Å². The molecule has 2 nitrogen and oxygen atoms in total. The van der Waals surface area contributed by atoms with Crippen molar-refractivity contribution in [3.8, 4) is 0 Å². The van der Waals surface area contributed by atoms with Crippen molar-refractivity contribution in [3.63, 3.8) is 0 Å². The van der Waals surface area contributed by atoms with E-state index in [-0.39, 0.29) is 5.79 Å². The molecule has 0 aliphatic rings. The molecular weight excluding hydrogens is 224 g/mol. The molecule has 0 rings (SSSR count). The molecule has 0 N–H and O–H groups in total. The van der Waals surface area contributed by atoms with Crippen LogP contribution in [-0.2, 0) is 9.47 Å². The van der Waals surface area contributed by atoms with Gasteiger partial charge in [0.05, 0.1) is 0 Å². The molecule has 0 fully saturated rings. The van der Waals surface area contributed by atoms with E-state index in [1.54, 1.807) is 14.2 Å². The van der Waals surface area contributed by atoms with Crippen molar-refractivity contribution in [2.75, 3.05) is 14.2 Å². The first-order valence-electron chi connectivity index (χ1n) is 7.74. The molecule has 0 saturated heterocycles. The summed E-state index contributed by atoms with van der Waals surface area (Å²) in [6, 6.07) is 0. The number of ether oxygens (including phenoxy) is 2. The van der Waals surface area contributed by atoms with Crippen molar-refractivity contribution in [2.24, 2.45) is 5.92 Å². The highest BCUT2D eigenvalue weighted by Crippen LogP contribution is 2.27. The number of unbranched alkanes of at least 4 members (excludes halogenated alkanes) is 2. The molecule has 0 heterocycles. The number of rotatable bonds is 12. The molecule has 0 aromatic rings. The normalized spacial score (nSPS) is 13.8.